The van der Waals surface area contributed by atoms with Crippen LogP contribution in [0.15, 0.2) is 42.7 Å². The van der Waals surface area contributed by atoms with Gasteiger partial charge in [0.15, 0.2) is 0 Å². The van der Waals surface area contributed by atoms with Crippen molar-refractivity contribution in [1.29, 1.82) is 0 Å². The summed E-state index contributed by atoms with van der Waals surface area (Å²) in [6.07, 6.45) is 3.96. The van der Waals surface area contributed by atoms with Crippen LogP contribution < -0.4 is 11.1 Å². The van der Waals surface area contributed by atoms with E-state index in [-0.39, 0.29) is 6.04 Å². The molecule has 1 aromatic carbocycles. The average molecular weight is 263 g/mol. The number of nitrogens with two attached hydrogens (primary N) is 1. The third kappa shape index (κ3) is 3.68. The van der Waals surface area contributed by atoms with Crippen LogP contribution in [-0.2, 0) is 0 Å². The first kappa shape index (κ1) is 12.8. The zero-order chi connectivity index (χ0) is 12.8. The van der Waals surface area contributed by atoms with Gasteiger partial charge in [0.2, 0.25) is 0 Å². The van der Waals surface area contributed by atoms with E-state index in [0.29, 0.717) is 11.0 Å². The highest BCUT2D eigenvalue weighted by Gasteiger charge is 2.04. The number of nitrogens with zero attached hydrogens (tertiary/aromatic N) is 2. The molecule has 0 fully saturated rings. The molecule has 0 aliphatic rings. The lowest BCUT2D eigenvalue weighted by Gasteiger charge is -2.12. The molecule has 0 saturated heterocycles. The lowest BCUT2D eigenvalue weighted by atomic mass is 10.1. The number of nitrogens with one attached hydrogen (secondary N) is 1. The fourth-order valence-electron chi connectivity index (χ4n) is 1.65. The van der Waals surface area contributed by atoms with E-state index in [4.69, 9.17) is 17.3 Å². The molecule has 3 N–H and O–H groups in total. The van der Waals surface area contributed by atoms with Crippen LogP contribution in [0.3, 0.4) is 0 Å². The third-order valence-corrected chi connectivity index (χ3v) is 2.78. The molecule has 0 radical (unpaired) electrons. The van der Waals surface area contributed by atoms with Crippen molar-refractivity contribution in [2.24, 2.45) is 5.73 Å². The number of hydrogen-bond acceptors (Lipinski definition) is 4. The predicted octanol–water partition coefficient (Wildman–Crippen LogP) is 2.63. The molecule has 0 amide bonds. The van der Waals surface area contributed by atoms with Crippen molar-refractivity contribution in [3.63, 3.8) is 0 Å². The van der Waals surface area contributed by atoms with Gasteiger partial charge in [-0.1, -0.05) is 41.9 Å². The molecule has 18 heavy (non-hydrogen) atoms. The molecule has 1 atom stereocenters. The second-order valence-electron chi connectivity index (χ2n) is 3.96. The summed E-state index contributed by atoms with van der Waals surface area (Å²) in [5.74, 6) is 0.669. The first-order valence-corrected chi connectivity index (χ1v) is 6.15. The molecule has 0 bridgehead atoms. The SMILES string of the molecule is NC(CCNc1cncc(Cl)n1)c1ccccc1. The van der Waals surface area contributed by atoms with Crippen LogP contribution in [0, 0.1) is 0 Å². The lowest BCUT2D eigenvalue weighted by Crippen LogP contribution is -2.15. The van der Waals surface area contributed by atoms with Crippen molar-refractivity contribution < 1.29 is 0 Å². The van der Waals surface area contributed by atoms with E-state index in [2.05, 4.69) is 15.3 Å². The number of halogens is 1. The zero-order valence-corrected chi connectivity index (χ0v) is 10.6. The molecule has 1 aromatic heterocycles. The van der Waals surface area contributed by atoms with Crippen LogP contribution in [0.4, 0.5) is 5.82 Å². The summed E-state index contributed by atoms with van der Waals surface area (Å²) in [7, 11) is 0. The smallest absolute Gasteiger partial charge is 0.149 e. The van der Waals surface area contributed by atoms with E-state index >= 15 is 0 Å². The molecule has 2 rings (SSSR count). The van der Waals surface area contributed by atoms with Crippen LogP contribution in [0.1, 0.15) is 18.0 Å². The molecule has 94 valence electrons. The van der Waals surface area contributed by atoms with Crippen molar-refractivity contribution in [3.05, 3.63) is 53.4 Å². The van der Waals surface area contributed by atoms with E-state index in [1.807, 2.05) is 30.3 Å². The average Bonchev–Trinajstić information content (AvgIpc) is 2.40. The highest BCUT2D eigenvalue weighted by Crippen LogP contribution is 2.13. The predicted molar refractivity (Wildman–Crippen MR) is 73.5 cm³/mol. The Bertz CT molecular complexity index is 489. The highest BCUT2D eigenvalue weighted by molar-refractivity contribution is 6.29. The highest BCUT2D eigenvalue weighted by atomic mass is 35.5. The molecular weight excluding hydrogens is 248 g/mol. The molecule has 2 aromatic rings. The van der Waals surface area contributed by atoms with Crippen molar-refractivity contribution >= 4 is 17.4 Å². The Morgan fingerprint density at radius 1 is 1.22 bits per heavy atom. The van der Waals surface area contributed by atoms with Crippen LogP contribution >= 0.6 is 11.6 Å². The number of anilines is 1. The molecule has 0 aliphatic carbocycles. The second kappa shape index (κ2) is 6.33. The van der Waals surface area contributed by atoms with Crippen molar-refractivity contribution in [3.8, 4) is 0 Å². The Labute approximate surface area is 111 Å². The van der Waals surface area contributed by atoms with Crippen LogP contribution in [0.25, 0.3) is 0 Å². The molecule has 0 spiro atoms. The van der Waals surface area contributed by atoms with E-state index < -0.39 is 0 Å². The van der Waals surface area contributed by atoms with Gasteiger partial charge in [0, 0.05) is 12.6 Å². The van der Waals surface area contributed by atoms with Crippen LogP contribution in [0.5, 0.6) is 0 Å². The van der Waals surface area contributed by atoms with E-state index in [1.54, 1.807) is 6.20 Å². The lowest BCUT2D eigenvalue weighted by molar-refractivity contribution is 0.674. The van der Waals surface area contributed by atoms with E-state index in [0.717, 1.165) is 18.5 Å². The first-order chi connectivity index (χ1) is 8.75. The molecule has 1 heterocycles. The fraction of sp³-hybridized carbons (Fsp3) is 0.231. The first-order valence-electron chi connectivity index (χ1n) is 5.77. The van der Waals surface area contributed by atoms with Gasteiger partial charge in [-0.15, -0.1) is 0 Å². The maximum absolute atomic E-state index is 6.09. The Hall–Kier alpha value is -1.65. The molecule has 5 heteroatoms. The number of rotatable bonds is 5. The maximum Gasteiger partial charge on any atom is 0.149 e. The van der Waals surface area contributed by atoms with Gasteiger partial charge in [-0.05, 0) is 12.0 Å². The topological polar surface area (TPSA) is 63.8 Å². The van der Waals surface area contributed by atoms with Gasteiger partial charge in [0.1, 0.15) is 11.0 Å². The van der Waals surface area contributed by atoms with Crippen LogP contribution in [0.2, 0.25) is 5.15 Å². The van der Waals surface area contributed by atoms with Gasteiger partial charge in [-0.2, -0.15) is 0 Å². The standard InChI is InChI=1S/C13H15ClN4/c14-12-8-16-9-13(18-12)17-7-6-11(15)10-4-2-1-3-5-10/h1-5,8-9,11H,6-7,15H2,(H,17,18). The van der Waals surface area contributed by atoms with E-state index in [9.17, 15) is 0 Å². The third-order valence-electron chi connectivity index (χ3n) is 2.59. The zero-order valence-electron chi connectivity index (χ0n) is 9.88. The number of aromatic nitrogens is 2. The Balaban J connectivity index is 1.82. The van der Waals surface area contributed by atoms with Gasteiger partial charge >= 0.3 is 0 Å². The van der Waals surface area contributed by atoms with Crippen molar-refractivity contribution in [1.82, 2.24) is 9.97 Å². The summed E-state index contributed by atoms with van der Waals surface area (Å²) in [6, 6.07) is 10.0. The van der Waals surface area contributed by atoms with Gasteiger partial charge in [-0.3, -0.25) is 4.98 Å². The summed E-state index contributed by atoms with van der Waals surface area (Å²) >= 11 is 5.74. The monoisotopic (exact) mass is 262 g/mol. The van der Waals surface area contributed by atoms with E-state index in [1.165, 1.54) is 6.20 Å². The summed E-state index contributed by atoms with van der Waals surface area (Å²) in [6.45, 7) is 0.727. The quantitative estimate of drug-likeness (QED) is 0.870. The van der Waals surface area contributed by atoms with Crippen molar-refractivity contribution in [2.45, 2.75) is 12.5 Å². The fourth-order valence-corrected chi connectivity index (χ4v) is 1.80. The normalized spacial score (nSPS) is 12.1. The second-order valence-corrected chi connectivity index (χ2v) is 4.35. The number of benzene rings is 1. The molecule has 4 nitrogen and oxygen atoms in total. The molecule has 0 aliphatic heterocycles. The molecular formula is C13H15ClN4. The minimum atomic E-state index is 0.0193. The Kier molecular flexibility index (Phi) is 4.50. The summed E-state index contributed by atoms with van der Waals surface area (Å²) in [5, 5.41) is 3.53. The van der Waals surface area contributed by atoms with Crippen LogP contribution in [-0.4, -0.2) is 16.5 Å². The molecule has 0 saturated carbocycles. The minimum Gasteiger partial charge on any atom is -0.369 e. The maximum atomic E-state index is 6.09. The minimum absolute atomic E-state index is 0.0193. The Morgan fingerprint density at radius 3 is 2.72 bits per heavy atom. The largest absolute Gasteiger partial charge is 0.369 e. The van der Waals surface area contributed by atoms with Crippen molar-refractivity contribution in [2.75, 3.05) is 11.9 Å². The van der Waals surface area contributed by atoms with Gasteiger partial charge in [0.05, 0.1) is 12.4 Å². The molecule has 1 unspecified atom stereocenters. The van der Waals surface area contributed by atoms with Gasteiger partial charge in [-0.25, -0.2) is 4.98 Å². The summed E-state index contributed by atoms with van der Waals surface area (Å²) in [5.41, 5.74) is 7.22. The number of hydrogen-bond donors (Lipinski definition) is 2. The Morgan fingerprint density at radius 2 is 2.00 bits per heavy atom. The summed E-state index contributed by atoms with van der Waals surface area (Å²) < 4.78 is 0. The van der Waals surface area contributed by atoms with Gasteiger partial charge in [0.25, 0.3) is 0 Å². The summed E-state index contributed by atoms with van der Waals surface area (Å²) in [4.78, 5) is 8.05. The van der Waals surface area contributed by atoms with Gasteiger partial charge < -0.3 is 11.1 Å².